The second kappa shape index (κ2) is 6.33. The fourth-order valence-corrected chi connectivity index (χ4v) is 3.18. The molecule has 0 aromatic carbocycles. The zero-order chi connectivity index (χ0) is 12.1. The van der Waals surface area contributed by atoms with Crippen LogP contribution in [0.3, 0.4) is 0 Å². The van der Waals surface area contributed by atoms with Gasteiger partial charge in [0.25, 0.3) is 0 Å². The molecule has 92 valence electrons. The van der Waals surface area contributed by atoms with Crippen molar-refractivity contribution in [1.82, 2.24) is 10.3 Å². The number of hydrogen-bond donors (Lipinski definition) is 1. The van der Waals surface area contributed by atoms with Crippen molar-refractivity contribution >= 4 is 11.3 Å². The van der Waals surface area contributed by atoms with Crippen LogP contribution in [0.2, 0.25) is 0 Å². The summed E-state index contributed by atoms with van der Waals surface area (Å²) in [5.41, 5.74) is 1.23. The number of nitrogens with one attached hydrogen (secondary N) is 1. The van der Waals surface area contributed by atoms with Crippen LogP contribution in [0.4, 0.5) is 0 Å². The summed E-state index contributed by atoms with van der Waals surface area (Å²) in [5, 5.41) is 4.52. The highest BCUT2D eigenvalue weighted by Gasteiger charge is 2.21. The van der Waals surface area contributed by atoms with E-state index in [-0.39, 0.29) is 0 Å². The Kier molecular flexibility index (Phi) is 5.38. The number of thiazole rings is 1. The molecule has 1 aromatic rings. The molecule has 0 aliphatic heterocycles. The first-order chi connectivity index (χ1) is 7.63. The lowest BCUT2D eigenvalue weighted by atomic mass is 10.0. The zero-order valence-electron chi connectivity index (χ0n) is 10.8. The monoisotopic (exact) mass is 242 g/mol. The molecule has 0 amide bonds. The molecule has 1 N–H and O–H groups in total. The average molecular weight is 242 g/mol. The predicted octanol–water partition coefficient (Wildman–Crippen LogP) is 2.56. The fourth-order valence-electron chi connectivity index (χ4n) is 1.92. The Labute approximate surface area is 102 Å². The summed E-state index contributed by atoms with van der Waals surface area (Å²) in [4.78, 5) is 6.04. The molecule has 2 atom stereocenters. The molecule has 1 aromatic heterocycles. The van der Waals surface area contributed by atoms with Gasteiger partial charge in [-0.25, -0.2) is 4.98 Å². The SMILES string of the molecule is CCc1nc(C(NC)C(C)COC)sc1C. The molecule has 0 aliphatic rings. The van der Waals surface area contributed by atoms with E-state index in [4.69, 9.17) is 9.72 Å². The van der Waals surface area contributed by atoms with Crippen molar-refractivity contribution in [1.29, 1.82) is 0 Å². The predicted molar refractivity (Wildman–Crippen MR) is 69.1 cm³/mol. The summed E-state index contributed by atoms with van der Waals surface area (Å²) in [5.74, 6) is 0.435. The van der Waals surface area contributed by atoms with E-state index in [0.29, 0.717) is 12.0 Å². The van der Waals surface area contributed by atoms with Crippen molar-refractivity contribution < 1.29 is 4.74 Å². The molecule has 16 heavy (non-hydrogen) atoms. The topological polar surface area (TPSA) is 34.2 Å². The highest BCUT2D eigenvalue weighted by molar-refractivity contribution is 7.11. The first-order valence-corrected chi connectivity index (χ1v) is 6.58. The molecule has 0 spiro atoms. The van der Waals surface area contributed by atoms with Gasteiger partial charge in [-0.05, 0) is 20.4 Å². The number of aryl methyl sites for hydroxylation is 2. The standard InChI is InChI=1S/C12H22N2OS/c1-6-10-9(3)16-12(14-10)11(13-4)8(2)7-15-5/h8,11,13H,6-7H2,1-5H3. The van der Waals surface area contributed by atoms with E-state index in [9.17, 15) is 0 Å². The highest BCUT2D eigenvalue weighted by atomic mass is 32.1. The first-order valence-electron chi connectivity index (χ1n) is 5.76. The molecule has 0 bridgehead atoms. The van der Waals surface area contributed by atoms with Crippen molar-refractivity contribution in [3.05, 3.63) is 15.6 Å². The largest absolute Gasteiger partial charge is 0.384 e. The van der Waals surface area contributed by atoms with Crippen molar-refractivity contribution in [3.63, 3.8) is 0 Å². The van der Waals surface area contributed by atoms with Crippen LogP contribution >= 0.6 is 11.3 Å². The van der Waals surface area contributed by atoms with E-state index in [0.717, 1.165) is 13.0 Å². The molecule has 0 radical (unpaired) electrons. The molecule has 4 heteroatoms. The van der Waals surface area contributed by atoms with Gasteiger partial charge in [0, 0.05) is 17.9 Å². The third-order valence-electron chi connectivity index (χ3n) is 2.82. The molecule has 1 rings (SSSR count). The van der Waals surface area contributed by atoms with E-state index >= 15 is 0 Å². The fraction of sp³-hybridized carbons (Fsp3) is 0.750. The number of aromatic nitrogens is 1. The lowest BCUT2D eigenvalue weighted by Gasteiger charge is -2.20. The quantitative estimate of drug-likeness (QED) is 0.832. The number of nitrogens with zero attached hydrogens (tertiary/aromatic N) is 1. The van der Waals surface area contributed by atoms with Crippen LogP contribution in [-0.4, -0.2) is 25.7 Å². The van der Waals surface area contributed by atoms with Crippen LogP contribution in [0, 0.1) is 12.8 Å². The second-order valence-electron chi connectivity index (χ2n) is 4.11. The van der Waals surface area contributed by atoms with Crippen LogP contribution in [0.1, 0.15) is 35.5 Å². The zero-order valence-corrected chi connectivity index (χ0v) is 11.6. The summed E-state index contributed by atoms with van der Waals surface area (Å²) < 4.78 is 5.21. The molecule has 0 saturated heterocycles. The number of hydrogen-bond acceptors (Lipinski definition) is 4. The van der Waals surface area contributed by atoms with Gasteiger partial charge in [-0.1, -0.05) is 13.8 Å². The summed E-state index contributed by atoms with van der Waals surface area (Å²) in [7, 11) is 3.73. The third kappa shape index (κ3) is 3.03. The Bertz CT molecular complexity index is 325. The van der Waals surface area contributed by atoms with Crippen LogP contribution < -0.4 is 5.32 Å². The summed E-state index contributed by atoms with van der Waals surface area (Å²) in [6, 6.07) is 0.295. The summed E-state index contributed by atoms with van der Waals surface area (Å²) in [6.45, 7) is 7.24. The van der Waals surface area contributed by atoms with E-state index in [1.165, 1.54) is 15.6 Å². The summed E-state index contributed by atoms with van der Waals surface area (Å²) >= 11 is 1.80. The van der Waals surface area contributed by atoms with Crippen LogP contribution in [0.15, 0.2) is 0 Å². The van der Waals surface area contributed by atoms with Crippen LogP contribution in [0.5, 0.6) is 0 Å². The Morgan fingerprint density at radius 1 is 1.50 bits per heavy atom. The second-order valence-corrected chi connectivity index (χ2v) is 5.34. The number of rotatable bonds is 6. The molecule has 2 unspecified atom stereocenters. The highest BCUT2D eigenvalue weighted by Crippen LogP contribution is 2.28. The Balaban J connectivity index is 2.85. The molecule has 0 fully saturated rings. The van der Waals surface area contributed by atoms with Gasteiger partial charge in [-0.3, -0.25) is 0 Å². The van der Waals surface area contributed by atoms with E-state index in [1.807, 2.05) is 7.05 Å². The molecule has 0 aliphatic carbocycles. The maximum atomic E-state index is 5.21. The molecular formula is C12H22N2OS. The van der Waals surface area contributed by atoms with E-state index < -0.39 is 0 Å². The van der Waals surface area contributed by atoms with Crippen LogP contribution in [-0.2, 0) is 11.2 Å². The number of methoxy groups -OCH3 is 1. The van der Waals surface area contributed by atoms with Gasteiger partial charge in [0.2, 0.25) is 0 Å². The van der Waals surface area contributed by atoms with Gasteiger partial charge in [0.1, 0.15) is 5.01 Å². The Hall–Kier alpha value is -0.450. The van der Waals surface area contributed by atoms with Gasteiger partial charge in [0.05, 0.1) is 18.3 Å². The smallest absolute Gasteiger partial charge is 0.110 e. The van der Waals surface area contributed by atoms with Gasteiger partial charge >= 0.3 is 0 Å². The van der Waals surface area contributed by atoms with Crippen molar-refractivity contribution in [2.45, 2.75) is 33.2 Å². The molecule has 0 saturated carbocycles. The number of ether oxygens (including phenoxy) is 1. The summed E-state index contributed by atoms with van der Waals surface area (Å²) in [6.07, 6.45) is 1.01. The van der Waals surface area contributed by atoms with Crippen molar-refractivity contribution in [3.8, 4) is 0 Å². The van der Waals surface area contributed by atoms with Crippen LogP contribution in [0.25, 0.3) is 0 Å². The van der Waals surface area contributed by atoms with Gasteiger partial charge < -0.3 is 10.1 Å². The lowest BCUT2D eigenvalue weighted by molar-refractivity contribution is 0.141. The maximum absolute atomic E-state index is 5.21. The van der Waals surface area contributed by atoms with Crippen molar-refractivity contribution in [2.24, 2.45) is 5.92 Å². The van der Waals surface area contributed by atoms with E-state index in [2.05, 4.69) is 26.1 Å². The minimum absolute atomic E-state index is 0.295. The molecule has 3 nitrogen and oxygen atoms in total. The lowest BCUT2D eigenvalue weighted by Crippen LogP contribution is -2.26. The van der Waals surface area contributed by atoms with Gasteiger partial charge in [0.15, 0.2) is 0 Å². The van der Waals surface area contributed by atoms with Gasteiger partial charge in [-0.2, -0.15) is 0 Å². The van der Waals surface area contributed by atoms with E-state index in [1.54, 1.807) is 18.4 Å². The minimum atomic E-state index is 0.295. The average Bonchev–Trinajstić information content (AvgIpc) is 2.61. The first kappa shape index (κ1) is 13.6. The minimum Gasteiger partial charge on any atom is -0.384 e. The normalized spacial score (nSPS) is 15.1. The Morgan fingerprint density at radius 3 is 2.62 bits per heavy atom. The van der Waals surface area contributed by atoms with Gasteiger partial charge in [-0.15, -0.1) is 11.3 Å². The Morgan fingerprint density at radius 2 is 2.19 bits per heavy atom. The maximum Gasteiger partial charge on any atom is 0.110 e. The molecule has 1 heterocycles. The molecular weight excluding hydrogens is 220 g/mol. The third-order valence-corrected chi connectivity index (χ3v) is 3.92. The van der Waals surface area contributed by atoms with Crippen molar-refractivity contribution in [2.75, 3.05) is 20.8 Å².